The van der Waals surface area contributed by atoms with Crippen molar-refractivity contribution in [3.63, 3.8) is 0 Å². The first-order valence-corrected chi connectivity index (χ1v) is 3.76. The summed E-state index contributed by atoms with van der Waals surface area (Å²) in [5, 5.41) is 19.4. The van der Waals surface area contributed by atoms with Gasteiger partial charge in [-0.1, -0.05) is 13.8 Å². The first kappa shape index (κ1) is 10.4. The molecule has 0 aliphatic heterocycles. The average Bonchev–Trinajstić information content (AvgIpc) is 1.87. The van der Waals surface area contributed by atoms with Gasteiger partial charge in [-0.25, -0.2) is 0 Å². The Hall–Kier alpha value is -0.640. The number of aliphatic hydroxyl groups is 1. The third-order valence-corrected chi connectivity index (χ3v) is 1.71. The van der Waals surface area contributed by atoms with Crippen LogP contribution in [0.3, 0.4) is 0 Å². The van der Waals surface area contributed by atoms with Crippen LogP contribution in [0.15, 0.2) is 0 Å². The van der Waals surface area contributed by atoms with Crippen LogP contribution in [0.25, 0.3) is 0 Å². The number of hydrogen-bond acceptors (Lipinski definition) is 3. The third-order valence-electron chi connectivity index (χ3n) is 1.71. The second-order valence-corrected chi connectivity index (χ2v) is 3.18. The topological polar surface area (TPSA) is 63.4 Å². The van der Waals surface area contributed by atoms with E-state index < -0.39 is 12.1 Å². The maximum absolute atomic E-state index is 10.2. The van der Waals surface area contributed by atoms with Crippen LogP contribution in [0.4, 0.5) is 0 Å². The summed E-state index contributed by atoms with van der Waals surface area (Å²) in [6.07, 6.45) is -0.319. The van der Waals surface area contributed by atoms with Crippen LogP contribution in [0.5, 0.6) is 0 Å². The molecular weight excluding hydrogens is 146 g/mol. The summed E-state index contributed by atoms with van der Waals surface area (Å²) in [5.74, 6) is 0.0948. The Morgan fingerprint density at radius 1 is 1.45 bits per heavy atom. The minimum Gasteiger partial charge on any atom is -0.393 e. The standard InChI is InChI=1S/C7H15NO3/c1-5(2)7(9)4-6(3)8(10)11/h5-7,9H,4H2,1-3H3/t6?,7-/m0/s1. The Morgan fingerprint density at radius 3 is 2.18 bits per heavy atom. The fourth-order valence-electron chi connectivity index (χ4n) is 0.708. The molecule has 0 radical (unpaired) electrons. The van der Waals surface area contributed by atoms with E-state index in [9.17, 15) is 15.2 Å². The maximum atomic E-state index is 10.2. The van der Waals surface area contributed by atoms with E-state index in [1.165, 1.54) is 6.92 Å². The third kappa shape index (κ3) is 3.93. The fourth-order valence-corrected chi connectivity index (χ4v) is 0.708. The molecule has 0 aromatic rings. The van der Waals surface area contributed by atoms with Crippen LogP contribution < -0.4 is 0 Å². The van der Waals surface area contributed by atoms with Gasteiger partial charge in [-0.2, -0.15) is 0 Å². The molecule has 1 unspecified atom stereocenters. The molecule has 0 aliphatic carbocycles. The molecule has 4 heteroatoms. The van der Waals surface area contributed by atoms with Gasteiger partial charge in [0.05, 0.1) is 6.10 Å². The molecule has 0 saturated carbocycles. The van der Waals surface area contributed by atoms with Gasteiger partial charge in [-0.05, 0) is 5.92 Å². The maximum Gasteiger partial charge on any atom is 0.212 e. The summed E-state index contributed by atoms with van der Waals surface area (Å²) in [6, 6.07) is -0.646. The Morgan fingerprint density at radius 2 is 1.91 bits per heavy atom. The van der Waals surface area contributed by atoms with Crippen molar-refractivity contribution in [2.24, 2.45) is 5.92 Å². The van der Waals surface area contributed by atoms with E-state index in [1.807, 2.05) is 13.8 Å². The normalized spacial score (nSPS) is 16.5. The van der Waals surface area contributed by atoms with E-state index in [1.54, 1.807) is 0 Å². The van der Waals surface area contributed by atoms with Crippen molar-refractivity contribution in [3.05, 3.63) is 10.1 Å². The van der Waals surface area contributed by atoms with Crippen LogP contribution in [-0.4, -0.2) is 22.2 Å². The molecule has 0 amide bonds. The molecule has 66 valence electrons. The van der Waals surface area contributed by atoms with Crippen LogP contribution in [0.2, 0.25) is 0 Å². The Bertz CT molecular complexity index is 136. The van der Waals surface area contributed by atoms with E-state index in [0.29, 0.717) is 0 Å². The van der Waals surface area contributed by atoms with Crippen molar-refractivity contribution < 1.29 is 10.0 Å². The number of nitro groups is 1. The van der Waals surface area contributed by atoms with Crippen LogP contribution >= 0.6 is 0 Å². The summed E-state index contributed by atoms with van der Waals surface area (Å²) < 4.78 is 0. The molecule has 0 spiro atoms. The largest absolute Gasteiger partial charge is 0.393 e. The SMILES string of the molecule is CC(C)[C@@H](O)CC(C)[N+](=O)[O-]. The van der Waals surface area contributed by atoms with E-state index in [4.69, 9.17) is 0 Å². The predicted octanol–water partition coefficient (Wildman–Crippen LogP) is 1.06. The molecule has 0 saturated heterocycles. The van der Waals surface area contributed by atoms with Crippen LogP contribution in [0, 0.1) is 16.0 Å². The Balaban J connectivity index is 3.75. The van der Waals surface area contributed by atoms with Crippen molar-refractivity contribution in [1.29, 1.82) is 0 Å². The van der Waals surface area contributed by atoms with Crippen molar-refractivity contribution in [2.45, 2.75) is 39.3 Å². The zero-order valence-corrected chi connectivity index (χ0v) is 7.15. The lowest BCUT2D eigenvalue weighted by molar-refractivity contribution is -0.520. The highest BCUT2D eigenvalue weighted by atomic mass is 16.6. The summed E-state index contributed by atoms with van der Waals surface area (Å²) in [6.45, 7) is 5.19. The van der Waals surface area contributed by atoms with Gasteiger partial charge in [-0.15, -0.1) is 0 Å². The molecule has 0 aromatic heterocycles. The lowest BCUT2D eigenvalue weighted by atomic mass is 10.0. The molecule has 0 rings (SSSR count). The lowest BCUT2D eigenvalue weighted by Gasteiger charge is -2.14. The van der Waals surface area contributed by atoms with Gasteiger partial charge >= 0.3 is 0 Å². The molecule has 2 atom stereocenters. The minimum absolute atomic E-state index is 0.0948. The number of hydrogen-bond donors (Lipinski definition) is 1. The zero-order chi connectivity index (χ0) is 9.02. The predicted molar refractivity (Wildman–Crippen MR) is 41.9 cm³/mol. The van der Waals surface area contributed by atoms with E-state index in [-0.39, 0.29) is 17.3 Å². The number of rotatable bonds is 4. The molecule has 4 nitrogen and oxygen atoms in total. The Kier molecular flexibility index (Phi) is 4.03. The van der Waals surface area contributed by atoms with Crippen molar-refractivity contribution in [1.82, 2.24) is 0 Å². The highest BCUT2D eigenvalue weighted by Gasteiger charge is 2.20. The van der Waals surface area contributed by atoms with E-state index >= 15 is 0 Å². The van der Waals surface area contributed by atoms with Crippen molar-refractivity contribution in [2.75, 3.05) is 0 Å². The molecule has 11 heavy (non-hydrogen) atoms. The second-order valence-electron chi connectivity index (χ2n) is 3.18. The second kappa shape index (κ2) is 4.28. The molecule has 0 aromatic carbocycles. The van der Waals surface area contributed by atoms with Crippen LogP contribution in [0.1, 0.15) is 27.2 Å². The van der Waals surface area contributed by atoms with Gasteiger partial charge in [0.2, 0.25) is 6.04 Å². The van der Waals surface area contributed by atoms with Gasteiger partial charge in [0.1, 0.15) is 0 Å². The van der Waals surface area contributed by atoms with Gasteiger partial charge in [0.15, 0.2) is 0 Å². The summed E-state index contributed by atoms with van der Waals surface area (Å²) >= 11 is 0. The van der Waals surface area contributed by atoms with E-state index in [0.717, 1.165) is 0 Å². The lowest BCUT2D eigenvalue weighted by Crippen LogP contribution is -2.25. The van der Waals surface area contributed by atoms with Crippen LogP contribution in [-0.2, 0) is 0 Å². The highest BCUT2D eigenvalue weighted by molar-refractivity contribution is 4.63. The molecule has 0 bridgehead atoms. The van der Waals surface area contributed by atoms with Crippen molar-refractivity contribution in [3.8, 4) is 0 Å². The van der Waals surface area contributed by atoms with Gasteiger partial charge < -0.3 is 5.11 Å². The molecule has 0 aliphatic rings. The van der Waals surface area contributed by atoms with E-state index in [2.05, 4.69) is 0 Å². The number of aliphatic hydroxyl groups excluding tert-OH is 1. The minimum atomic E-state index is -0.646. The first-order valence-electron chi connectivity index (χ1n) is 3.76. The fraction of sp³-hybridized carbons (Fsp3) is 1.00. The Labute approximate surface area is 66.4 Å². The summed E-state index contributed by atoms with van der Waals surface area (Å²) in [4.78, 5) is 9.78. The summed E-state index contributed by atoms with van der Waals surface area (Å²) in [7, 11) is 0. The summed E-state index contributed by atoms with van der Waals surface area (Å²) in [5.41, 5.74) is 0. The quantitative estimate of drug-likeness (QED) is 0.495. The van der Waals surface area contributed by atoms with Gasteiger partial charge in [0, 0.05) is 18.3 Å². The van der Waals surface area contributed by atoms with Gasteiger partial charge in [0.25, 0.3) is 0 Å². The van der Waals surface area contributed by atoms with Gasteiger partial charge in [-0.3, -0.25) is 10.1 Å². The number of nitrogens with zero attached hydrogens (tertiary/aromatic N) is 1. The highest BCUT2D eigenvalue weighted by Crippen LogP contribution is 2.09. The van der Waals surface area contributed by atoms with Crippen molar-refractivity contribution >= 4 is 0 Å². The molecule has 0 fully saturated rings. The monoisotopic (exact) mass is 161 g/mol. The molecular formula is C7H15NO3. The molecule has 1 N–H and O–H groups in total. The smallest absolute Gasteiger partial charge is 0.212 e. The molecule has 0 heterocycles. The zero-order valence-electron chi connectivity index (χ0n) is 7.15. The average molecular weight is 161 g/mol. The first-order chi connectivity index (χ1) is 4.95.